The van der Waals surface area contributed by atoms with Crippen molar-refractivity contribution in [3.8, 4) is 0 Å². The van der Waals surface area contributed by atoms with Crippen LogP contribution in [-0.4, -0.2) is 36.5 Å². The molecular formula is C12H27NO2. The van der Waals surface area contributed by atoms with Crippen molar-refractivity contribution in [3.05, 3.63) is 0 Å². The lowest BCUT2D eigenvalue weighted by molar-refractivity contribution is 0.00431. The first-order valence-electron chi connectivity index (χ1n) is 5.76. The zero-order valence-electron chi connectivity index (χ0n) is 11.0. The first kappa shape index (κ1) is 14.9. The predicted octanol–water partition coefficient (Wildman–Crippen LogP) is 1.80. The van der Waals surface area contributed by atoms with E-state index in [4.69, 9.17) is 4.74 Å². The normalized spacial score (nSPS) is 16.8. The molecule has 0 unspecified atom stereocenters. The molecule has 0 aliphatic carbocycles. The van der Waals surface area contributed by atoms with Gasteiger partial charge in [-0.05, 0) is 26.2 Å². The topological polar surface area (TPSA) is 41.5 Å². The molecular weight excluding hydrogens is 190 g/mol. The first-order valence-corrected chi connectivity index (χ1v) is 5.76. The zero-order chi connectivity index (χ0) is 12.1. The molecule has 0 aromatic rings. The summed E-state index contributed by atoms with van der Waals surface area (Å²) in [6.45, 7) is 13.6. The van der Waals surface area contributed by atoms with Crippen molar-refractivity contribution in [2.45, 2.75) is 59.8 Å². The molecule has 0 saturated heterocycles. The van der Waals surface area contributed by atoms with E-state index in [1.165, 1.54) is 0 Å². The van der Waals surface area contributed by atoms with Gasteiger partial charge in [-0.25, -0.2) is 0 Å². The smallest absolute Gasteiger partial charge is 0.0897 e. The van der Waals surface area contributed by atoms with E-state index >= 15 is 0 Å². The van der Waals surface area contributed by atoms with E-state index in [0.717, 1.165) is 0 Å². The summed E-state index contributed by atoms with van der Waals surface area (Å²) < 4.78 is 5.33. The summed E-state index contributed by atoms with van der Waals surface area (Å²) in [5.41, 5.74) is 0.221. The van der Waals surface area contributed by atoms with Gasteiger partial charge in [-0.15, -0.1) is 0 Å². The lowest BCUT2D eigenvalue weighted by atomic mass is 9.88. The molecule has 0 spiro atoms. The average molecular weight is 217 g/mol. The van der Waals surface area contributed by atoms with Gasteiger partial charge in [0.2, 0.25) is 0 Å². The highest BCUT2D eigenvalue weighted by Gasteiger charge is 2.20. The van der Waals surface area contributed by atoms with E-state index < -0.39 is 6.10 Å². The van der Waals surface area contributed by atoms with Crippen molar-refractivity contribution in [2.75, 3.05) is 13.2 Å². The summed E-state index contributed by atoms with van der Waals surface area (Å²) in [6, 6.07) is 0.381. The number of aliphatic hydroxyl groups excluding tert-OH is 1. The molecule has 0 aromatic carbocycles. The SMILES string of the molecule is CC(C)OC[C@@H](O)CN[C@@H](C)C(C)(C)C. The van der Waals surface area contributed by atoms with E-state index in [0.29, 0.717) is 19.2 Å². The van der Waals surface area contributed by atoms with Crippen LogP contribution in [0.1, 0.15) is 41.5 Å². The minimum Gasteiger partial charge on any atom is -0.389 e. The minimum absolute atomic E-state index is 0.180. The number of rotatable bonds is 6. The van der Waals surface area contributed by atoms with Crippen molar-refractivity contribution in [2.24, 2.45) is 5.41 Å². The zero-order valence-corrected chi connectivity index (χ0v) is 11.0. The van der Waals surface area contributed by atoms with Crippen LogP contribution >= 0.6 is 0 Å². The van der Waals surface area contributed by atoms with E-state index in [9.17, 15) is 5.11 Å². The van der Waals surface area contributed by atoms with Crippen LogP contribution < -0.4 is 5.32 Å². The third kappa shape index (κ3) is 7.77. The first-order chi connectivity index (χ1) is 6.73. The average Bonchev–Trinajstić information content (AvgIpc) is 2.09. The monoisotopic (exact) mass is 217 g/mol. The summed E-state index contributed by atoms with van der Waals surface area (Å²) in [5.74, 6) is 0. The van der Waals surface area contributed by atoms with E-state index in [2.05, 4.69) is 33.0 Å². The van der Waals surface area contributed by atoms with Gasteiger partial charge in [0.25, 0.3) is 0 Å². The van der Waals surface area contributed by atoms with Crippen molar-refractivity contribution in [3.63, 3.8) is 0 Å². The second-order valence-electron chi connectivity index (χ2n) is 5.53. The van der Waals surface area contributed by atoms with Crippen molar-refractivity contribution < 1.29 is 9.84 Å². The van der Waals surface area contributed by atoms with Crippen LogP contribution in [0.25, 0.3) is 0 Å². The molecule has 0 aliphatic rings. The third-order valence-corrected chi connectivity index (χ3v) is 2.58. The predicted molar refractivity (Wildman–Crippen MR) is 64.0 cm³/mol. The fourth-order valence-electron chi connectivity index (χ4n) is 0.981. The Morgan fingerprint density at radius 2 is 1.73 bits per heavy atom. The second kappa shape index (κ2) is 6.46. The highest BCUT2D eigenvalue weighted by Crippen LogP contribution is 2.18. The van der Waals surface area contributed by atoms with Gasteiger partial charge in [0.1, 0.15) is 0 Å². The maximum absolute atomic E-state index is 9.63. The van der Waals surface area contributed by atoms with Crippen molar-refractivity contribution in [1.29, 1.82) is 0 Å². The molecule has 0 aliphatic heterocycles. The molecule has 0 radical (unpaired) electrons. The Labute approximate surface area is 94.2 Å². The summed E-state index contributed by atoms with van der Waals surface area (Å²) in [5, 5.41) is 12.9. The number of hydrogen-bond acceptors (Lipinski definition) is 3. The van der Waals surface area contributed by atoms with E-state index in [-0.39, 0.29) is 11.5 Å². The van der Waals surface area contributed by atoms with Gasteiger partial charge in [0.15, 0.2) is 0 Å². The molecule has 15 heavy (non-hydrogen) atoms. The molecule has 3 heteroatoms. The highest BCUT2D eigenvalue weighted by atomic mass is 16.5. The number of ether oxygens (including phenoxy) is 1. The molecule has 0 rings (SSSR count). The summed E-state index contributed by atoms with van der Waals surface area (Å²) >= 11 is 0. The lowest BCUT2D eigenvalue weighted by Crippen LogP contribution is -2.42. The fourth-order valence-corrected chi connectivity index (χ4v) is 0.981. The van der Waals surface area contributed by atoms with Gasteiger partial charge < -0.3 is 15.2 Å². The third-order valence-electron chi connectivity index (χ3n) is 2.58. The molecule has 2 atom stereocenters. The second-order valence-corrected chi connectivity index (χ2v) is 5.53. The van der Waals surface area contributed by atoms with Crippen LogP contribution in [0.3, 0.4) is 0 Å². The van der Waals surface area contributed by atoms with Gasteiger partial charge in [0.05, 0.1) is 18.8 Å². The molecule has 3 nitrogen and oxygen atoms in total. The Kier molecular flexibility index (Phi) is 6.41. The van der Waals surface area contributed by atoms with Gasteiger partial charge in [-0.2, -0.15) is 0 Å². The molecule has 0 bridgehead atoms. The van der Waals surface area contributed by atoms with Crippen LogP contribution in [0.5, 0.6) is 0 Å². The molecule has 92 valence electrons. The molecule has 2 N–H and O–H groups in total. The van der Waals surface area contributed by atoms with E-state index in [1.807, 2.05) is 13.8 Å². The van der Waals surface area contributed by atoms with Crippen LogP contribution in [-0.2, 0) is 4.74 Å². The largest absolute Gasteiger partial charge is 0.389 e. The summed E-state index contributed by atoms with van der Waals surface area (Å²) in [6.07, 6.45) is -0.239. The fraction of sp³-hybridized carbons (Fsp3) is 1.00. The van der Waals surface area contributed by atoms with Gasteiger partial charge in [-0.1, -0.05) is 20.8 Å². The minimum atomic E-state index is -0.419. The van der Waals surface area contributed by atoms with Crippen LogP contribution in [0, 0.1) is 5.41 Å². The van der Waals surface area contributed by atoms with Crippen molar-refractivity contribution in [1.82, 2.24) is 5.32 Å². The maximum Gasteiger partial charge on any atom is 0.0897 e. The standard InChI is InChI=1S/C12H27NO2/c1-9(2)15-8-11(14)7-13-10(3)12(4,5)6/h9-11,13-14H,7-8H2,1-6H3/t10-,11-/m0/s1. The van der Waals surface area contributed by atoms with E-state index in [1.54, 1.807) is 0 Å². The maximum atomic E-state index is 9.63. The molecule has 0 fully saturated rings. The number of aliphatic hydroxyl groups is 1. The Morgan fingerprint density at radius 3 is 2.13 bits per heavy atom. The molecule has 0 amide bonds. The van der Waals surface area contributed by atoms with Gasteiger partial charge in [0, 0.05) is 12.6 Å². The van der Waals surface area contributed by atoms with Crippen molar-refractivity contribution >= 4 is 0 Å². The molecule has 0 aromatic heterocycles. The Morgan fingerprint density at radius 1 is 1.20 bits per heavy atom. The Hall–Kier alpha value is -0.120. The van der Waals surface area contributed by atoms with Gasteiger partial charge >= 0.3 is 0 Å². The summed E-state index contributed by atoms with van der Waals surface area (Å²) in [7, 11) is 0. The Balaban J connectivity index is 3.66. The quantitative estimate of drug-likeness (QED) is 0.713. The Bertz CT molecular complexity index is 163. The highest BCUT2D eigenvalue weighted by molar-refractivity contribution is 4.77. The lowest BCUT2D eigenvalue weighted by Gasteiger charge is -2.29. The number of nitrogens with one attached hydrogen (secondary N) is 1. The number of hydrogen-bond donors (Lipinski definition) is 2. The summed E-state index contributed by atoms with van der Waals surface area (Å²) in [4.78, 5) is 0. The molecule has 0 heterocycles. The van der Waals surface area contributed by atoms with Crippen LogP contribution in [0.2, 0.25) is 0 Å². The molecule has 0 saturated carbocycles. The van der Waals surface area contributed by atoms with Gasteiger partial charge in [-0.3, -0.25) is 0 Å². The van der Waals surface area contributed by atoms with Crippen LogP contribution in [0.4, 0.5) is 0 Å². The van der Waals surface area contributed by atoms with Crippen LogP contribution in [0.15, 0.2) is 0 Å².